The van der Waals surface area contributed by atoms with E-state index in [-0.39, 0.29) is 5.54 Å². The number of hydrogen-bond acceptors (Lipinski definition) is 2. The average Bonchev–Trinajstić information content (AvgIpc) is 2.41. The molecule has 0 amide bonds. The van der Waals surface area contributed by atoms with Crippen molar-refractivity contribution in [1.29, 1.82) is 0 Å². The molecule has 3 heteroatoms. The van der Waals surface area contributed by atoms with Crippen LogP contribution >= 0.6 is 11.6 Å². The van der Waals surface area contributed by atoms with Crippen LogP contribution in [0.3, 0.4) is 0 Å². The Labute approximate surface area is 128 Å². The van der Waals surface area contributed by atoms with Crippen molar-refractivity contribution in [2.45, 2.75) is 51.1 Å². The lowest BCUT2D eigenvalue weighted by Gasteiger charge is -2.45. The summed E-state index contributed by atoms with van der Waals surface area (Å²) in [5, 5.41) is 0.802. The van der Waals surface area contributed by atoms with E-state index >= 15 is 0 Å². The Hall–Kier alpha value is -0.570. The number of rotatable bonds is 6. The molecule has 0 radical (unpaired) electrons. The van der Waals surface area contributed by atoms with Crippen LogP contribution in [-0.2, 0) is 0 Å². The van der Waals surface area contributed by atoms with Crippen LogP contribution in [0.15, 0.2) is 24.3 Å². The molecular weight excluding hydrogens is 268 g/mol. The lowest BCUT2D eigenvalue weighted by molar-refractivity contribution is 0.0603. The number of nitrogens with two attached hydrogens (primary N) is 1. The molecule has 2 N–H and O–H groups in total. The Kier molecular flexibility index (Phi) is 5.11. The SMILES string of the molecule is CC(c1cccc(Cl)c1)N(C)C(C)(CN)CC1CCC1. The van der Waals surface area contributed by atoms with Crippen molar-refractivity contribution < 1.29 is 0 Å². The van der Waals surface area contributed by atoms with Gasteiger partial charge in [-0.25, -0.2) is 0 Å². The molecule has 2 unspecified atom stereocenters. The van der Waals surface area contributed by atoms with Crippen LogP contribution in [-0.4, -0.2) is 24.0 Å². The van der Waals surface area contributed by atoms with E-state index in [1.807, 2.05) is 12.1 Å². The van der Waals surface area contributed by atoms with Gasteiger partial charge in [-0.3, -0.25) is 4.90 Å². The van der Waals surface area contributed by atoms with Gasteiger partial charge in [0, 0.05) is 23.1 Å². The van der Waals surface area contributed by atoms with Crippen molar-refractivity contribution in [2.75, 3.05) is 13.6 Å². The second kappa shape index (κ2) is 6.46. The predicted molar refractivity (Wildman–Crippen MR) is 87.0 cm³/mol. The van der Waals surface area contributed by atoms with E-state index in [0.29, 0.717) is 12.6 Å². The van der Waals surface area contributed by atoms with Gasteiger partial charge in [0.15, 0.2) is 0 Å². The van der Waals surface area contributed by atoms with Gasteiger partial charge in [-0.05, 0) is 50.9 Å². The summed E-state index contributed by atoms with van der Waals surface area (Å²) in [6, 6.07) is 8.47. The summed E-state index contributed by atoms with van der Waals surface area (Å²) >= 11 is 6.11. The van der Waals surface area contributed by atoms with E-state index in [2.05, 4.69) is 37.9 Å². The summed E-state index contributed by atoms with van der Waals surface area (Å²) in [7, 11) is 2.19. The Morgan fingerprint density at radius 3 is 2.65 bits per heavy atom. The van der Waals surface area contributed by atoms with Crippen molar-refractivity contribution in [3.05, 3.63) is 34.9 Å². The molecular formula is C17H27ClN2. The van der Waals surface area contributed by atoms with Gasteiger partial charge >= 0.3 is 0 Å². The smallest absolute Gasteiger partial charge is 0.0409 e. The second-order valence-corrected chi connectivity index (χ2v) is 6.98. The second-order valence-electron chi connectivity index (χ2n) is 6.54. The molecule has 1 aromatic carbocycles. The van der Waals surface area contributed by atoms with Crippen LogP contribution in [0.1, 0.15) is 51.1 Å². The zero-order chi connectivity index (χ0) is 14.8. The Morgan fingerprint density at radius 1 is 1.45 bits per heavy atom. The third kappa shape index (κ3) is 3.36. The van der Waals surface area contributed by atoms with E-state index in [1.54, 1.807) is 0 Å². The molecule has 1 fully saturated rings. The molecule has 0 aromatic heterocycles. The molecule has 1 aliphatic rings. The number of hydrogen-bond donors (Lipinski definition) is 1. The lowest BCUT2D eigenvalue weighted by Crippen LogP contribution is -2.52. The van der Waals surface area contributed by atoms with Crippen LogP contribution in [0.2, 0.25) is 5.02 Å². The molecule has 1 saturated carbocycles. The monoisotopic (exact) mass is 294 g/mol. The first-order valence-electron chi connectivity index (χ1n) is 7.65. The largest absolute Gasteiger partial charge is 0.329 e. The molecule has 2 nitrogen and oxygen atoms in total. The lowest BCUT2D eigenvalue weighted by atomic mass is 9.75. The van der Waals surface area contributed by atoms with Gasteiger partial charge in [0.25, 0.3) is 0 Å². The molecule has 2 rings (SSSR count). The highest BCUT2D eigenvalue weighted by atomic mass is 35.5. The Morgan fingerprint density at radius 2 is 2.15 bits per heavy atom. The van der Waals surface area contributed by atoms with Gasteiger partial charge in [-0.1, -0.05) is 43.0 Å². The summed E-state index contributed by atoms with van der Waals surface area (Å²) < 4.78 is 0. The Balaban J connectivity index is 2.11. The fourth-order valence-electron chi connectivity index (χ4n) is 3.15. The van der Waals surface area contributed by atoms with E-state index in [9.17, 15) is 0 Å². The third-order valence-corrected chi connectivity index (χ3v) is 5.39. The van der Waals surface area contributed by atoms with Crippen LogP contribution in [0, 0.1) is 5.92 Å². The molecule has 0 saturated heterocycles. The first-order valence-corrected chi connectivity index (χ1v) is 8.02. The quantitative estimate of drug-likeness (QED) is 0.850. The molecule has 0 heterocycles. The summed E-state index contributed by atoms with van der Waals surface area (Å²) in [6.07, 6.45) is 5.33. The van der Waals surface area contributed by atoms with Gasteiger partial charge in [0.1, 0.15) is 0 Å². The van der Waals surface area contributed by atoms with Crippen molar-refractivity contribution >= 4 is 11.6 Å². The summed E-state index contributed by atoms with van der Waals surface area (Å²) in [6.45, 7) is 5.23. The van der Waals surface area contributed by atoms with Crippen LogP contribution < -0.4 is 5.73 Å². The number of benzene rings is 1. The van der Waals surface area contributed by atoms with Crippen molar-refractivity contribution in [2.24, 2.45) is 11.7 Å². The minimum absolute atomic E-state index is 0.0623. The highest BCUT2D eigenvalue weighted by Crippen LogP contribution is 2.38. The van der Waals surface area contributed by atoms with E-state index in [4.69, 9.17) is 17.3 Å². The topological polar surface area (TPSA) is 29.3 Å². The van der Waals surface area contributed by atoms with Gasteiger partial charge in [-0.15, -0.1) is 0 Å². The van der Waals surface area contributed by atoms with Gasteiger partial charge < -0.3 is 5.73 Å². The number of nitrogens with zero attached hydrogens (tertiary/aromatic N) is 1. The molecule has 20 heavy (non-hydrogen) atoms. The third-order valence-electron chi connectivity index (χ3n) is 5.16. The van der Waals surface area contributed by atoms with E-state index < -0.39 is 0 Å². The maximum atomic E-state index is 6.11. The number of likely N-dealkylation sites (N-methyl/N-ethyl adjacent to an activating group) is 1. The molecule has 0 aliphatic heterocycles. The minimum Gasteiger partial charge on any atom is -0.329 e. The molecule has 1 aliphatic carbocycles. The van der Waals surface area contributed by atoms with E-state index in [1.165, 1.54) is 31.2 Å². The van der Waals surface area contributed by atoms with E-state index in [0.717, 1.165) is 10.9 Å². The van der Waals surface area contributed by atoms with Gasteiger partial charge in [-0.2, -0.15) is 0 Å². The maximum Gasteiger partial charge on any atom is 0.0409 e. The van der Waals surface area contributed by atoms with Crippen LogP contribution in [0.5, 0.6) is 0 Å². The first kappa shape index (κ1) is 15.8. The molecule has 0 bridgehead atoms. The zero-order valence-electron chi connectivity index (χ0n) is 12.9. The summed E-state index contributed by atoms with van der Waals surface area (Å²) in [4.78, 5) is 2.43. The number of halogens is 1. The normalized spacial score (nSPS) is 20.5. The van der Waals surface area contributed by atoms with Gasteiger partial charge in [0.05, 0.1) is 0 Å². The van der Waals surface area contributed by atoms with Crippen LogP contribution in [0.25, 0.3) is 0 Å². The highest BCUT2D eigenvalue weighted by molar-refractivity contribution is 6.30. The predicted octanol–water partition coefficient (Wildman–Crippen LogP) is 4.24. The summed E-state index contributed by atoms with van der Waals surface area (Å²) in [5.41, 5.74) is 7.43. The molecule has 0 spiro atoms. The average molecular weight is 295 g/mol. The molecule has 2 atom stereocenters. The van der Waals surface area contributed by atoms with Crippen molar-refractivity contribution in [3.8, 4) is 0 Å². The molecule has 112 valence electrons. The maximum absolute atomic E-state index is 6.11. The Bertz CT molecular complexity index is 444. The summed E-state index contributed by atoms with van der Waals surface area (Å²) in [5.74, 6) is 0.859. The van der Waals surface area contributed by atoms with Crippen molar-refractivity contribution in [3.63, 3.8) is 0 Å². The zero-order valence-corrected chi connectivity index (χ0v) is 13.7. The fraction of sp³-hybridized carbons (Fsp3) is 0.647. The van der Waals surface area contributed by atoms with Crippen molar-refractivity contribution in [1.82, 2.24) is 4.90 Å². The van der Waals surface area contributed by atoms with Gasteiger partial charge in [0.2, 0.25) is 0 Å². The first-order chi connectivity index (χ1) is 9.46. The molecule has 1 aromatic rings. The van der Waals surface area contributed by atoms with Crippen LogP contribution in [0.4, 0.5) is 0 Å². The highest BCUT2D eigenvalue weighted by Gasteiger charge is 2.35. The fourth-order valence-corrected chi connectivity index (χ4v) is 3.35. The standard InChI is InChI=1S/C17H27ClN2/c1-13(15-8-5-9-16(18)10-15)20(3)17(2,12-19)11-14-6-4-7-14/h5,8-10,13-14H,4,6-7,11-12,19H2,1-3H3. The minimum atomic E-state index is 0.0623.